The Hall–Kier alpha value is -4.51. The van der Waals surface area contributed by atoms with Crippen molar-refractivity contribution >= 4 is 34.4 Å². The van der Waals surface area contributed by atoms with Crippen LogP contribution in [0.15, 0.2) is 65.6 Å². The van der Waals surface area contributed by atoms with E-state index < -0.39 is 23.9 Å². The van der Waals surface area contributed by atoms with Gasteiger partial charge in [0.1, 0.15) is 11.2 Å². The maximum Gasteiger partial charge on any atom is 0.263 e. The summed E-state index contributed by atoms with van der Waals surface area (Å²) in [7, 11) is 0. The second-order valence-corrected chi connectivity index (χ2v) is 7.95. The number of hydrogen-bond acceptors (Lipinski definition) is 6. The van der Waals surface area contributed by atoms with Crippen molar-refractivity contribution in [3.8, 4) is 17.4 Å². The Labute approximate surface area is 201 Å². The fourth-order valence-corrected chi connectivity index (χ4v) is 3.62. The van der Waals surface area contributed by atoms with Crippen LogP contribution in [0.1, 0.15) is 5.69 Å². The molecule has 12 heteroatoms. The Balaban J connectivity index is 1.47. The van der Waals surface area contributed by atoms with Gasteiger partial charge < -0.3 is 10.1 Å². The molecule has 3 heterocycles. The number of amides is 1. The SMILES string of the molecule is Cc1cc(NC(=O)COc2ccccc2F)n(-c2nc3c(cnn3-c3cccc(Cl)c3)c(=O)[nH]2)n1. The van der Waals surface area contributed by atoms with E-state index in [-0.39, 0.29) is 28.5 Å². The molecule has 0 radical (unpaired) electrons. The van der Waals surface area contributed by atoms with Crippen LogP contribution in [0.5, 0.6) is 5.75 Å². The number of aromatic amines is 1. The lowest BCUT2D eigenvalue weighted by Gasteiger charge is -2.10. The molecule has 2 N–H and O–H groups in total. The van der Waals surface area contributed by atoms with Crippen molar-refractivity contribution in [3.05, 3.63) is 87.7 Å². The lowest BCUT2D eigenvalue weighted by Crippen LogP contribution is -2.23. The van der Waals surface area contributed by atoms with E-state index in [9.17, 15) is 14.0 Å². The molecule has 0 unspecified atom stereocenters. The van der Waals surface area contributed by atoms with Gasteiger partial charge in [-0.3, -0.25) is 14.6 Å². The first-order valence-corrected chi connectivity index (χ1v) is 10.7. The van der Waals surface area contributed by atoms with Gasteiger partial charge in [-0.2, -0.15) is 19.9 Å². The zero-order chi connectivity index (χ0) is 24.5. The van der Waals surface area contributed by atoms with E-state index in [4.69, 9.17) is 16.3 Å². The third kappa shape index (κ3) is 4.49. The second kappa shape index (κ2) is 9.03. The summed E-state index contributed by atoms with van der Waals surface area (Å²) in [5, 5.41) is 12.0. The van der Waals surface area contributed by atoms with Gasteiger partial charge in [0.2, 0.25) is 5.95 Å². The third-order valence-electron chi connectivity index (χ3n) is 4.97. The summed E-state index contributed by atoms with van der Waals surface area (Å²) >= 11 is 6.10. The van der Waals surface area contributed by atoms with E-state index in [1.54, 1.807) is 43.3 Å². The smallest absolute Gasteiger partial charge is 0.263 e. The number of aromatic nitrogens is 6. The number of H-pyrrole nitrogens is 1. The molecule has 0 spiro atoms. The molecule has 5 aromatic rings. The predicted octanol–water partition coefficient (Wildman–Crippen LogP) is 3.41. The number of carbonyl (C=O) groups is 1. The van der Waals surface area contributed by atoms with Crippen LogP contribution in [0.25, 0.3) is 22.7 Å². The topological polar surface area (TPSA) is 120 Å². The van der Waals surface area contributed by atoms with Gasteiger partial charge in [0, 0.05) is 11.1 Å². The Bertz CT molecular complexity index is 1630. The zero-order valence-electron chi connectivity index (χ0n) is 18.2. The number of halogens is 2. The average Bonchev–Trinajstić information content (AvgIpc) is 3.42. The summed E-state index contributed by atoms with van der Waals surface area (Å²) in [6.45, 7) is 1.28. The highest BCUT2D eigenvalue weighted by Gasteiger charge is 2.17. The van der Waals surface area contributed by atoms with Gasteiger partial charge in [-0.05, 0) is 37.3 Å². The monoisotopic (exact) mass is 493 g/mol. The summed E-state index contributed by atoms with van der Waals surface area (Å²) in [4.78, 5) is 32.4. The van der Waals surface area contributed by atoms with E-state index in [1.807, 2.05) is 0 Å². The lowest BCUT2D eigenvalue weighted by molar-refractivity contribution is -0.118. The molecule has 0 saturated heterocycles. The number of fused-ring (bicyclic) bond motifs is 1. The molecule has 0 fully saturated rings. The lowest BCUT2D eigenvalue weighted by atomic mass is 10.3. The number of benzene rings is 2. The molecule has 0 aliphatic heterocycles. The molecule has 0 aliphatic carbocycles. The number of nitrogens with zero attached hydrogens (tertiary/aromatic N) is 5. The molecule has 2 aromatic carbocycles. The summed E-state index contributed by atoms with van der Waals surface area (Å²) in [6.07, 6.45) is 1.41. The number of aryl methyl sites for hydroxylation is 1. The van der Waals surface area contributed by atoms with E-state index in [0.29, 0.717) is 16.4 Å². The molecule has 10 nitrogen and oxygen atoms in total. The van der Waals surface area contributed by atoms with Crippen molar-refractivity contribution in [2.24, 2.45) is 0 Å². The van der Waals surface area contributed by atoms with Gasteiger partial charge in [0.15, 0.2) is 23.8 Å². The van der Waals surface area contributed by atoms with Crippen molar-refractivity contribution < 1.29 is 13.9 Å². The molecule has 3 aromatic heterocycles. The number of nitrogens with one attached hydrogen (secondary N) is 2. The Kier molecular flexibility index (Phi) is 5.75. The Morgan fingerprint density at radius 1 is 1.17 bits per heavy atom. The van der Waals surface area contributed by atoms with Crippen LogP contribution in [0.2, 0.25) is 5.02 Å². The molecular weight excluding hydrogens is 477 g/mol. The first-order valence-electron chi connectivity index (χ1n) is 10.4. The minimum atomic E-state index is -0.576. The van der Waals surface area contributed by atoms with Crippen LogP contribution in [0, 0.1) is 12.7 Å². The molecule has 0 aliphatic rings. The molecule has 1 amide bonds. The van der Waals surface area contributed by atoms with E-state index in [2.05, 4.69) is 25.5 Å². The molecular formula is C23H17ClFN7O3. The van der Waals surface area contributed by atoms with Crippen LogP contribution in [0.4, 0.5) is 10.2 Å². The van der Waals surface area contributed by atoms with Gasteiger partial charge in [-0.25, -0.2) is 9.07 Å². The summed E-state index contributed by atoms with van der Waals surface area (Å²) < 4.78 is 21.8. The normalized spacial score (nSPS) is 11.1. The van der Waals surface area contributed by atoms with Crippen molar-refractivity contribution in [1.82, 2.24) is 29.5 Å². The molecule has 0 bridgehead atoms. The summed E-state index contributed by atoms with van der Waals surface area (Å²) in [6, 6.07) is 14.3. The van der Waals surface area contributed by atoms with Crippen molar-refractivity contribution in [2.75, 3.05) is 11.9 Å². The van der Waals surface area contributed by atoms with Crippen molar-refractivity contribution in [2.45, 2.75) is 6.92 Å². The largest absolute Gasteiger partial charge is 0.481 e. The first-order chi connectivity index (χ1) is 16.9. The second-order valence-electron chi connectivity index (χ2n) is 7.51. The highest BCUT2D eigenvalue weighted by Crippen LogP contribution is 2.20. The van der Waals surface area contributed by atoms with Crippen LogP contribution >= 0.6 is 11.6 Å². The van der Waals surface area contributed by atoms with Gasteiger partial charge in [0.25, 0.3) is 11.5 Å². The summed E-state index contributed by atoms with van der Waals surface area (Å²) in [5.41, 5.74) is 1.01. The fourth-order valence-electron chi connectivity index (χ4n) is 3.44. The number of anilines is 1. The maximum atomic E-state index is 13.7. The van der Waals surface area contributed by atoms with E-state index in [0.717, 1.165) is 0 Å². The van der Waals surface area contributed by atoms with Crippen LogP contribution in [0.3, 0.4) is 0 Å². The molecule has 5 rings (SSSR count). The fraction of sp³-hybridized carbons (Fsp3) is 0.0870. The highest BCUT2D eigenvalue weighted by molar-refractivity contribution is 6.30. The van der Waals surface area contributed by atoms with Gasteiger partial charge in [-0.15, -0.1) is 0 Å². The maximum absolute atomic E-state index is 13.7. The minimum absolute atomic E-state index is 0.0435. The molecule has 35 heavy (non-hydrogen) atoms. The molecule has 0 saturated carbocycles. The number of carbonyl (C=O) groups excluding carboxylic acids is 1. The predicted molar refractivity (Wildman–Crippen MR) is 127 cm³/mol. The third-order valence-corrected chi connectivity index (χ3v) is 5.21. The number of para-hydroxylation sites is 1. The van der Waals surface area contributed by atoms with Gasteiger partial charge in [-0.1, -0.05) is 29.8 Å². The first kappa shape index (κ1) is 22.3. The van der Waals surface area contributed by atoms with Crippen LogP contribution < -0.4 is 15.6 Å². The zero-order valence-corrected chi connectivity index (χ0v) is 19.0. The minimum Gasteiger partial charge on any atom is -0.481 e. The van der Waals surface area contributed by atoms with E-state index in [1.165, 1.54) is 33.8 Å². The number of rotatable bonds is 6. The molecule has 176 valence electrons. The van der Waals surface area contributed by atoms with Crippen LogP contribution in [-0.4, -0.2) is 42.0 Å². The quantitative estimate of drug-likeness (QED) is 0.374. The van der Waals surface area contributed by atoms with Crippen molar-refractivity contribution in [1.29, 1.82) is 0 Å². The van der Waals surface area contributed by atoms with Crippen molar-refractivity contribution in [3.63, 3.8) is 0 Å². The van der Waals surface area contributed by atoms with Crippen LogP contribution in [-0.2, 0) is 4.79 Å². The average molecular weight is 494 g/mol. The highest BCUT2D eigenvalue weighted by atomic mass is 35.5. The Morgan fingerprint density at radius 3 is 2.80 bits per heavy atom. The van der Waals surface area contributed by atoms with Gasteiger partial charge >= 0.3 is 0 Å². The number of hydrogen-bond donors (Lipinski definition) is 2. The molecule has 0 atom stereocenters. The number of ether oxygens (including phenoxy) is 1. The van der Waals surface area contributed by atoms with Gasteiger partial charge in [0.05, 0.1) is 17.6 Å². The Morgan fingerprint density at radius 2 is 2.00 bits per heavy atom. The summed E-state index contributed by atoms with van der Waals surface area (Å²) in [5.74, 6) is -0.877. The van der Waals surface area contributed by atoms with E-state index >= 15 is 0 Å². The standard InChI is InChI=1S/C23H17ClFN7O3/c1-13-9-19(27-20(33)12-35-18-8-3-2-7-17(18)25)32(30-13)23-28-21-16(22(34)29-23)11-26-31(21)15-6-4-5-14(24)10-15/h2-11H,12H2,1H3,(H,27,33)(H,28,29,34).